The van der Waals surface area contributed by atoms with Gasteiger partial charge < -0.3 is 9.47 Å². The summed E-state index contributed by atoms with van der Waals surface area (Å²) in [6, 6.07) is 19.0. The van der Waals surface area contributed by atoms with Gasteiger partial charge in [-0.05, 0) is 54.1 Å². The Balaban J connectivity index is 1.55. The average Bonchev–Trinajstić information content (AvgIpc) is 3.24. The molecule has 0 saturated carbocycles. The Hall–Kier alpha value is -2.66. The van der Waals surface area contributed by atoms with E-state index < -0.39 is 6.23 Å². The van der Waals surface area contributed by atoms with Gasteiger partial charge in [-0.25, -0.2) is 5.01 Å². The smallest absolute Gasteiger partial charge is 0.213 e. The molecule has 32 heavy (non-hydrogen) atoms. The molecule has 2 atom stereocenters. The molecule has 0 unspecified atom stereocenters. The molecule has 162 valence electrons. The van der Waals surface area contributed by atoms with E-state index in [0.717, 1.165) is 28.2 Å². The minimum Gasteiger partial charge on any atom is -0.490 e. The van der Waals surface area contributed by atoms with Gasteiger partial charge in [-0.15, -0.1) is 0 Å². The summed E-state index contributed by atoms with van der Waals surface area (Å²) in [6.07, 6.45) is 1.97. The molecular formula is C25H19Cl3N2O2. The van der Waals surface area contributed by atoms with Crippen molar-refractivity contribution < 1.29 is 9.47 Å². The molecule has 0 aromatic heterocycles. The summed E-state index contributed by atoms with van der Waals surface area (Å²) in [5, 5.41) is 8.68. The molecule has 0 N–H and O–H groups in total. The summed E-state index contributed by atoms with van der Waals surface area (Å²) in [4.78, 5) is 0. The molecule has 3 aromatic rings. The molecule has 2 aliphatic heterocycles. The largest absolute Gasteiger partial charge is 0.490 e. The lowest BCUT2D eigenvalue weighted by Crippen LogP contribution is -2.33. The monoisotopic (exact) mass is 484 g/mol. The van der Waals surface area contributed by atoms with Gasteiger partial charge in [-0.2, -0.15) is 5.10 Å². The second kappa shape index (κ2) is 8.70. The average molecular weight is 486 g/mol. The quantitative estimate of drug-likeness (QED) is 0.352. The van der Waals surface area contributed by atoms with Gasteiger partial charge in [0, 0.05) is 27.6 Å². The molecule has 3 aromatic carbocycles. The number of hydrogen-bond acceptors (Lipinski definition) is 4. The van der Waals surface area contributed by atoms with Crippen LogP contribution in [0.25, 0.3) is 0 Å². The molecule has 0 spiro atoms. The van der Waals surface area contributed by atoms with Crippen molar-refractivity contribution >= 4 is 40.5 Å². The number of hydrogen-bond donors (Lipinski definition) is 0. The molecule has 7 heteroatoms. The Labute approximate surface area is 201 Å². The van der Waals surface area contributed by atoms with Crippen molar-refractivity contribution in [2.75, 3.05) is 6.61 Å². The first-order chi connectivity index (χ1) is 15.5. The van der Waals surface area contributed by atoms with Crippen molar-refractivity contribution in [3.8, 4) is 11.5 Å². The first-order valence-electron chi connectivity index (χ1n) is 10.1. The molecule has 0 bridgehead atoms. The third kappa shape index (κ3) is 3.95. The van der Waals surface area contributed by atoms with E-state index >= 15 is 0 Å². The zero-order chi connectivity index (χ0) is 22.2. The van der Waals surface area contributed by atoms with Crippen LogP contribution in [-0.2, 0) is 0 Å². The molecule has 5 rings (SSSR count). The Morgan fingerprint density at radius 3 is 2.50 bits per heavy atom. The molecule has 2 aliphatic rings. The number of benzene rings is 3. The van der Waals surface area contributed by atoms with Crippen molar-refractivity contribution in [3.05, 3.63) is 105 Å². The van der Waals surface area contributed by atoms with Crippen LogP contribution in [0.3, 0.4) is 0 Å². The lowest BCUT2D eigenvalue weighted by atomic mass is 9.96. The first kappa shape index (κ1) is 21.2. The highest BCUT2D eigenvalue weighted by Gasteiger charge is 2.42. The van der Waals surface area contributed by atoms with Crippen LogP contribution in [-0.4, -0.2) is 17.3 Å². The maximum atomic E-state index is 6.53. The lowest BCUT2D eigenvalue weighted by Gasteiger charge is -2.38. The van der Waals surface area contributed by atoms with Crippen LogP contribution in [0.2, 0.25) is 15.1 Å². The summed E-state index contributed by atoms with van der Waals surface area (Å²) in [5.41, 5.74) is 3.84. The molecule has 4 nitrogen and oxygen atoms in total. The predicted molar refractivity (Wildman–Crippen MR) is 129 cm³/mol. The molecule has 0 aliphatic carbocycles. The number of hydrazone groups is 1. The van der Waals surface area contributed by atoms with Crippen LogP contribution in [0.4, 0.5) is 0 Å². The van der Waals surface area contributed by atoms with E-state index in [0.29, 0.717) is 33.8 Å². The lowest BCUT2D eigenvalue weighted by molar-refractivity contribution is -0.0189. The zero-order valence-corrected chi connectivity index (χ0v) is 19.2. The van der Waals surface area contributed by atoms with Gasteiger partial charge in [-0.3, -0.25) is 0 Å². The molecule has 2 heterocycles. The van der Waals surface area contributed by atoms with E-state index in [2.05, 4.69) is 6.58 Å². The van der Waals surface area contributed by atoms with Crippen molar-refractivity contribution in [2.24, 2.45) is 5.10 Å². The minimum atomic E-state index is -0.440. The summed E-state index contributed by atoms with van der Waals surface area (Å²) in [5.74, 6) is 1.40. The van der Waals surface area contributed by atoms with Gasteiger partial charge in [0.15, 0.2) is 0 Å². The Kier molecular flexibility index (Phi) is 5.76. The van der Waals surface area contributed by atoms with Gasteiger partial charge in [0.2, 0.25) is 6.23 Å². The Bertz CT molecular complexity index is 1190. The Morgan fingerprint density at radius 2 is 1.78 bits per heavy atom. The minimum absolute atomic E-state index is 0.0534. The second-order valence-corrected chi connectivity index (χ2v) is 8.88. The molecular weight excluding hydrogens is 467 g/mol. The van der Waals surface area contributed by atoms with E-state index in [4.69, 9.17) is 49.4 Å². The van der Waals surface area contributed by atoms with E-state index in [1.54, 1.807) is 12.1 Å². The third-order valence-corrected chi connectivity index (χ3v) is 6.27. The number of fused-ring (bicyclic) bond motifs is 3. The SMILES string of the molecule is C=CCOc1ccc([C@H]2Oc3c(Cl)cc(Cl)cc3[C@H]3CC(c4ccc(Cl)cc4)=NN32)cc1. The number of nitrogens with zero attached hydrogens (tertiary/aromatic N) is 2. The van der Waals surface area contributed by atoms with Gasteiger partial charge in [0.1, 0.15) is 18.1 Å². The molecule has 0 radical (unpaired) electrons. The predicted octanol–water partition coefficient (Wildman–Crippen LogP) is 7.45. The van der Waals surface area contributed by atoms with Crippen LogP contribution >= 0.6 is 34.8 Å². The summed E-state index contributed by atoms with van der Waals surface area (Å²) in [7, 11) is 0. The van der Waals surface area contributed by atoms with Crippen LogP contribution in [0, 0.1) is 0 Å². The van der Waals surface area contributed by atoms with Crippen LogP contribution < -0.4 is 9.47 Å². The van der Waals surface area contributed by atoms with Crippen LogP contribution in [0.1, 0.15) is 35.4 Å². The third-order valence-electron chi connectivity index (χ3n) is 5.52. The highest BCUT2D eigenvalue weighted by Crippen LogP contribution is 2.50. The highest BCUT2D eigenvalue weighted by atomic mass is 35.5. The fraction of sp³-hybridized carbons (Fsp3) is 0.160. The topological polar surface area (TPSA) is 34.1 Å². The van der Waals surface area contributed by atoms with Crippen molar-refractivity contribution in [3.63, 3.8) is 0 Å². The fourth-order valence-corrected chi connectivity index (χ4v) is 4.71. The van der Waals surface area contributed by atoms with Gasteiger partial charge >= 0.3 is 0 Å². The summed E-state index contributed by atoms with van der Waals surface area (Å²) in [6.45, 7) is 4.13. The second-order valence-electron chi connectivity index (χ2n) is 7.60. The van der Waals surface area contributed by atoms with Crippen molar-refractivity contribution in [1.82, 2.24) is 5.01 Å². The normalized spacial score (nSPS) is 19.0. The molecule has 0 saturated heterocycles. The number of rotatable bonds is 5. The number of halogens is 3. The molecule has 0 amide bonds. The first-order valence-corrected chi connectivity index (χ1v) is 11.3. The standard InChI is InChI=1S/C25H19Cl3N2O2/c1-2-11-31-19-9-5-16(6-10-19)25-30-23(20-12-18(27)13-21(28)24(20)32-25)14-22(29-30)15-3-7-17(26)8-4-15/h2-10,12-13,23,25H,1,11,14H2/t23-,25-/m1/s1. The van der Waals surface area contributed by atoms with Crippen LogP contribution in [0.5, 0.6) is 11.5 Å². The van der Waals surface area contributed by atoms with Gasteiger partial charge in [-0.1, -0.05) is 59.6 Å². The van der Waals surface area contributed by atoms with E-state index in [-0.39, 0.29) is 6.04 Å². The fourth-order valence-electron chi connectivity index (χ4n) is 4.04. The van der Waals surface area contributed by atoms with Gasteiger partial charge in [0.05, 0.1) is 16.8 Å². The maximum absolute atomic E-state index is 6.53. The maximum Gasteiger partial charge on any atom is 0.213 e. The van der Waals surface area contributed by atoms with Crippen molar-refractivity contribution in [2.45, 2.75) is 18.7 Å². The summed E-state index contributed by atoms with van der Waals surface area (Å²) < 4.78 is 12.0. The van der Waals surface area contributed by atoms with Crippen LogP contribution in [0.15, 0.2) is 78.4 Å². The van der Waals surface area contributed by atoms with Gasteiger partial charge in [0.25, 0.3) is 0 Å². The van der Waals surface area contributed by atoms with E-state index in [1.165, 1.54) is 0 Å². The zero-order valence-electron chi connectivity index (χ0n) is 17.0. The summed E-state index contributed by atoms with van der Waals surface area (Å²) >= 11 is 18.9. The molecule has 0 fully saturated rings. The van der Waals surface area contributed by atoms with E-state index in [9.17, 15) is 0 Å². The Morgan fingerprint density at radius 1 is 1.03 bits per heavy atom. The van der Waals surface area contributed by atoms with E-state index in [1.807, 2.05) is 59.6 Å². The highest BCUT2D eigenvalue weighted by molar-refractivity contribution is 6.35. The number of ether oxygens (including phenoxy) is 2. The van der Waals surface area contributed by atoms with Crippen molar-refractivity contribution in [1.29, 1.82) is 0 Å².